The Morgan fingerprint density at radius 1 is 0.303 bits per heavy atom. The molecular formula is C107H142N7O5+5. The average molecular weight is 1610 g/mol. The van der Waals surface area contributed by atoms with Crippen molar-refractivity contribution in [3.05, 3.63) is 283 Å². The third-order valence-corrected chi connectivity index (χ3v) is 23.8. The summed E-state index contributed by atoms with van der Waals surface area (Å²) in [7, 11) is 21.9. The number of fused-ring (bicyclic) bond motifs is 6. The molecular weight excluding hydrogens is 1460 g/mol. The Labute approximate surface area is 715 Å². The molecule has 2 heterocycles. The Bertz CT molecular complexity index is 5290. The van der Waals surface area contributed by atoms with E-state index in [1.165, 1.54) is 76.6 Å². The summed E-state index contributed by atoms with van der Waals surface area (Å²) in [5.74, 6) is 1.33. The van der Waals surface area contributed by atoms with E-state index in [1.54, 1.807) is 0 Å². The summed E-state index contributed by atoms with van der Waals surface area (Å²) in [6.45, 7) is 40.6. The number of hydrogen-bond donors (Lipinski definition) is 0. The Kier molecular flexibility index (Phi) is 34.9. The van der Waals surface area contributed by atoms with Crippen LogP contribution in [0.25, 0.3) is 54.0 Å². The summed E-state index contributed by atoms with van der Waals surface area (Å²) in [6.07, 6.45) is 3.93. The van der Waals surface area contributed by atoms with E-state index in [0.29, 0.717) is 32.1 Å². The standard InChI is InChI=1S/C25H30NO.C22H30NO.C21H28NO.C20H27N2O.C19H27N2O/c1-18(2)19(3)25(27)14-15-26(4,5)17-24-22-12-8-6-10-20(22)16-21-11-7-9-13-23(21)24;1-16(2)18(4)22(24)13-14-23(5,6)15-21-17(3)11-12-19-9-7-8-10-20(19)21;1-16(2)17(3)21(23)12-13-22(4,5)15-18-10-11-19-8-6-7-9-20(19)14-18;1-15(2)16(3)20(23)12-13-22(4,5)14-18-11-10-17-8-6-7-9-19(17)21-18;1-14(2)15(3)19(22)10-11-21(4,5)13-17-12-16-8-6-7-9-18(16)20-17/h6-13,16H,14-15,17H2,1-5H3;7-12H,13-15H2,1-6H3;6-11,14H,12-13,15H2,1-5H3;6-11H,12-14H2,1-5H3;6-9H,10-13H2,1-5H3/q5*+1. The third-order valence-electron chi connectivity index (χ3n) is 23.8. The maximum Gasteiger partial charge on any atom is 0.164 e. The van der Waals surface area contributed by atoms with E-state index in [-0.39, 0.29) is 28.9 Å². The van der Waals surface area contributed by atoms with Crippen LogP contribution in [-0.2, 0) is 56.6 Å². The molecule has 119 heavy (non-hydrogen) atoms. The molecule has 0 N–H and O–H groups in total. The highest BCUT2D eigenvalue weighted by Crippen LogP contribution is 2.33. The summed E-state index contributed by atoms with van der Waals surface area (Å²) < 4.78 is 3.98. The van der Waals surface area contributed by atoms with Crippen molar-refractivity contribution in [1.29, 1.82) is 0 Å². The van der Waals surface area contributed by atoms with Gasteiger partial charge in [-0.05, 0) is 223 Å². The Morgan fingerprint density at radius 3 is 1.08 bits per heavy atom. The van der Waals surface area contributed by atoms with E-state index in [1.807, 2.05) is 128 Å². The average Bonchev–Trinajstić information content (AvgIpc) is 1.39. The fourth-order valence-electron chi connectivity index (χ4n) is 14.8. The predicted molar refractivity (Wildman–Crippen MR) is 506 cm³/mol. The van der Waals surface area contributed by atoms with Crippen molar-refractivity contribution in [2.24, 2.45) is 4.99 Å². The van der Waals surface area contributed by atoms with Gasteiger partial charge >= 0.3 is 0 Å². The summed E-state index contributed by atoms with van der Waals surface area (Å²) in [5.41, 5.74) is 21.3. The Hall–Kier alpha value is -10.1. The molecule has 0 radical (unpaired) electrons. The van der Waals surface area contributed by atoms with Crippen LogP contribution in [0.2, 0.25) is 0 Å². The summed E-state index contributed by atoms with van der Waals surface area (Å²) in [5, 5.41) is 11.5. The number of aryl methyl sites for hydroxylation is 1. The summed E-state index contributed by atoms with van der Waals surface area (Å²) >= 11 is 0. The minimum absolute atomic E-state index is 0.252. The highest BCUT2D eigenvalue weighted by molar-refractivity contribution is 6.03. The molecule has 0 aliphatic carbocycles. The van der Waals surface area contributed by atoms with E-state index in [0.717, 1.165) is 172 Å². The number of Topliss-reactive ketones (excluding diaryl/α,β-unsaturated/α-hetero) is 5. The van der Waals surface area contributed by atoms with Gasteiger partial charge in [0, 0.05) is 28.5 Å². The number of hydrogen-bond acceptors (Lipinski definition) is 7. The van der Waals surface area contributed by atoms with Gasteiger partial charge < -0.3 is 22.4 Å². The third kappa shape index (κ3) is 29.7. The van der Waals surface area contributed by atoms with Crippen molar-refractivity contribution in [2.75, 3.05) is 110 Å². The van der Waals surface area contributed by atoms with Gasteiger partial charge in [-0.25, -0.2) is 4.98 Å². The molecule has 0 amide bonds. The van der Waals surface area contributed by atoms with Gasteiger partial charge in [0.05, 0.1) is 158 Å². The van der Waals surface area contributed by atoms with Crippen LogP contribution in [-0.4, -0.2) is 172 Å². The minimum Gasteiger partial charge on any atom is -0.324 e. The second-order valence-electron chi connectivity index (χ2n) is 37.6. The van der Waals surface area contributed by atoms with Gasteiger partial charge in [-0.2, -0.15) is 0 Å². The van der Waals surface area contributed by atoms with Gasteiger partial charge in [-0.3, -0.25) is 29.0 Å². The first-order valence-electron chi connectivity index (χ1n) is 42.6. The van der Waals surface area contributed by atoms with Gasteiger partial charge in [-0.1, -0.05) is 192 Å². The van der Waals surface area contributed by atoms with Crippen LogP contribution in [0.4, 0.5) is 5.69 Å². The number of carbonyl (C=O) groups is 5. The van der Waals surface area contributed by atoms with Gasteiger partial charge in [0.25, 0.3) is 0 Å². The zero-order valence-corrected chi connectivity index (χ0v) is 77.5. The van der Waals surface area contributed by atoms with Gasteiger partial charge in [0.15, 0.2) is 28.9 Å². The minimum atomic E-state index is 0.252. The number of rotatable bonds is 30. The van der Waals surface area contributed by atoms with Crippen LogP contribution in [0.5, 0.6) is 0 Å². The van der Waals surface area contributed by atoms with E-state index in [4.69, 9.17) is 9.98 Å². The van der Waals surface area contributed by atoms with Crippen molar-refractivity contribution < 1.29 is 46.4 Å². The first-order valence-corrected chi connectivity index (χ1v) is 42.6. The van der Waals surface area contributed by atoms with Gasteiger partial charge in [0.2, 0.25) is 0 Å². The monoisotopic (exact) mass is 1610 g/mol. The van der Waals surface area contributed by atoms with Crippen LogP contribution in [0.15, 0.2) is 255 Å². The number of ketones is 5. The zero-order valence-electron chi connectivity index (χ0n) is 77.5. The van der Waals surface area contributed by atoms with E-state index in [9.17, 15) is 24.0 Å². The molecule has 0 saturated heterocycles. The Balaban J connectivity index is 0.000000206. The molecule has 9 aromatic carbocycles. The fourth-order valence-corrected chi connectivity index (χ4v) is 14.8. The van der Waals surface area contributed by atoms with Crippen molar-refractivity contribution in [3.63, 3.8) is 0 Å². The molecule has 12 heteroatoms. The molecule has 0 spiro atoms. The Morgan fingerprint density at radius 2 is 0.639 bits per heavy atom. The zero-order chi connectivity index (χ0) is 87.9. The number of para-hydroxylation sites is 2. The molecule has 630 valence electrons. The normalized spacial score (nSPS) is 12.0. The van der Waals surface area contributed by atoms with Crippen molar-refractivity contribution in [2.45, 2.75) is 175 Å². The number of aliphatic imine (C=N–C) groups is 1. The lowest BCUT2D eigenvalue weighted by Crippen LogP contribution is -2.45. The van der Waals surface area contributed by atoms with E-state index >= 15 is 0 Å². The topological polar surface area (TPSA) is 111 Å². The SMILES string of the molecule is CC(C)=C(C)C(=O)CC[N+](C)(C)CC1=Nc2ccccc2C1.CC(C)=C(C)C(=O)CC[N+](C)(C)Cc1c(C)ccc2ccccc12.CC(C)=C(C)C(=O)CC[N+](C)(C)Cc1c2ccccc2cc2ccccc12.CC(C)=C(C)C(=O)CC[N+](C)(C)Cc1ccc2ccccc2c1.CC(C)=C(C)C(=O)CC[N+](C)(C)Cc1ccc2ccccc2n1. The maximum absolute atomic E-state index is 12.4. The van der Waals surface area contributed by atoms with Crippen LogP contribution >= 0.6 is 0 Å². The number of carbonyl (C=O) groups excluding carboxylic acids is 5. The maximum atomic E-state index is 12.4. The summed E-state index contributed by atoms with van der Waals surface area (Å²) in [6, 6.07) is 68.2. The molecule has 0 atom stereocenters. The molecule has 0 saturated carbocycles. The number of quaternary nitrogens is 5. The lowest BCUT2D eigenvalue weighted by Gasteiger charge is -2.31. The van der Waals surface area contributed by atoms with Crippen molar-refractivity contribution in [3.8, 4) is 0 Å². The summed E-state index contributed by atoms with van der Waals surface area (Å²) in [4.78, 5) is 70.7. The fraction of sp³-hybridized carbons (Fsp3) is 0.393. The van der Waals surface area contributed by atoms with Crippen LogP contribution < -0.4 is 0 Å². The van der Waals surface area contributed by atoms with Crippen LogP contribution in [0.1, 0.15) is 169 Å². The molecule has 1 aromatic heterocycles. The number of aromatic nitrogens is 1. The highest BCUT2D eigenvalue weighted by Gasteiger charge is 2.28. The van der Waals surface area contributed by atoms with Crippen LogP contribution in [0.3, 0.4) is 0 Å². The molecule has 12 nitrogen and oxygen atoms in total. The second kappa shape index (κ2) is 43.3. The van der Waals surface area contributed by atoms with Crippen molar-refractivity contribution >= 4 is 94.3 Å². The molecule has 0 bridgehead atoms. The molecule has 10 aromatic rings. The van der Waals surface area contributed by atoms with Crippen LogP contribution in [0, 0.1) is 6.92 Å². The second-order valence-corrected chi connectivity index (χ2v) is 37.6. The smallest absolute Gasteiger partial charge is 0.164 e. The lowest BCUT2D eigenvalue weighted by molar-refractivity contribution is -0.903. The van der Waals surface area contributed by atoms with E-state index < -0.39 is 0 Å². The first kappa shape index (κ1) is 96.1. The molecule has 0 unspecified atom stereocenters. The van der Waals surface area contributed by atoms with Crippen molar-refractivity contribution in [1.82, 2.24) is 4.98 Å². The number of allylic oxidation sites excluding steroid dienone is 10. The molecule has 1 aliphatic rings. The number of nitrogens with zero attached hydrogens (tertiary/aromatic N) is 7. The first-order chi connectivity index (χ1) is 55.8. The molecule has 11 rings (SSSR count). The highest BCUT2D eigenvalue weighted by atomic mass is 16.1. The molecule has 1 aliphatic heterocycles. The van der Waals surface area contributed by atoms with E-state index in [2.05, 4.69) is 247 Å². The number of benzene rings is 9. The predicted octanol–water partition coefficient (Wildman–Crippen LogP) is 23.5. The van der Waals surface area contributed by atoms with Gasteiger partial charge in [-0.15, -0.1) is 0 Å². The lowest BCUT2D eigenvalue weighted by atomic mass is 9.96. The molecule has 0 fully saturated rings. The largest absolute Gasteiger partial charge is 0.324 e. The van der Waals surface area contributed by atoms with Gasteiger partial charge in [0.1, 0.15) is 32.7 Å². The quantitative estimate of drug-likeness (QED) is 0.0252. The number of pyridine rings is 1.